The summed E-state index contributed by atoms with van der Waals surface area (Å²) >= 11 is 1.42. The van der Waals surface area contributed by atoms with Gasteiger partial charge in [-0.1, -0.05) is 5.16 Å². The highest BCUT2D eigenvalue weighted by molar-refractivity contribution is 7.99. The van der Waals surface area contributed by atoms with Gasteiger partial charge in [0.1, 0.15) is 10.1 Å². The lowest BCUT2D eigenvalue weighted by Crippen LogP contribution is -2.17. The van der Waals surface area contributed by atoms with E-state index in [-0.39, 0.29) is 5.84 Å². The van der Waals surface area contributed by atoms with Gasteiger partial charge in [-0.25, -0.2) is 9.97 Å². The normalized spacial score (nSPS) is 11.7. The summed E-state index contributed by atoms with van der Waals surface area (Å²) < 4.78 is 0. The second-order valence-corrected chi connectivity index (χ2v) is 5.98. The van der Waals surface area contributed by atoms with Crippen LogP contribution in [-0.2, 0) is 0 Å². The Morgan fingerprint density at radius 1 is 1.10 bits per heavy atom. The Kier molecular flexibility index (Phi) is 4.47. The van der Waals surface area contributed by atoms with Gasteiger partial charge in [0, 0.05) is 11.4 Å². The maximum atomic E-state index is 8.97. The number of nitrogens with two attached hydrogens (primary N) is 1. The molecule has 0 aliphatic heterocycles. The Morgan fingerprint density at radius 3 is 2.38 bits per heavy atom. The number of rotatable bonds is 3. The topological polar surface area (TPSA) is 84.4 Å². The quantitative estimate of drug-likeness (QED) is 0.394. The summed E-state index contributed by atoms with van der Waals surface area (Å²) in [6, 6.07) is 5.92. The summed E-state index contributed by atoms with van der Waals surface area (Å²) in [6.45, 7) is 7.82. The Hall–Kier alpha value is -2.08. The van der Waals surface area contributed by atoms with E-state index in [4.69, 9.17) is 10.9 Å². The molecule has 0 fully saturated rings. The lowest BCUT2D eigenvalue weighted by molar-refractivity contribution is 0.318. The van der Waals surface area contributed by atoms with E-state index >= 15 is 0 Å². The van der Waals surface area contributed by atoms with Crippen LogP contribution in [0.5, 0.6) is 0 Å². The first kappa shape index (κ1) is 15.3. The lowest BCUT2D eigenvalue weighted by atomic mass is 10.1. The van der Waals surface area contributed by atoms with E-state index in [1.165, 1.54) is 11.8 Å². The minimum absolute atomic E-state index is 0.0619. The van der Waals surface area contributed by atoms with Crippen LogP contribution in [0, 0.1) is 27.7 Å². The van der Waals surface area contributed by atoms with Crippen molar-refractivity contribution in [3.8, 4) is 0 Å². The van der Waals surface area contributed by atoms with E-state index in [1.54, 1.807) is 0 Å². The first-order chi connectivity index (χ1) is 9.90. The molecule has 0 radical (unpaired) electrons. The molecule has 21 heavy (non-hydrogen) atoms. The third-order valence-corrected chi connectivity index (χ3v) is 3.86. The minimum atomic E-state index is 0.0619. The summed E-state index contributed by atoms with van der Waals surface area (Å²) in [6.07, 6.45) is 0. The highest BCUT2D eigenvalue weighted by atomic mass is 32.2. The Balaban J connectivity index is 2.52. The summed E-state index contributed by atoms with van der Waals surface area (Å²) in [7, 11) is 0. The Labute approximate surface area is 128 Å². The van der Waals surface area contributed by atoms with E-state index in [9.17, 15) is 0 Å². The number of hydrogen-bond acceptors (Lipinski definition) is 5. The standard InChI is InChI=1S/C15H18N4OS/c1-8-5-10(3)17-12(6-8)21-15-13(14(16)19-20)9(2)7-11(4)18-15/h5-7,20H,1-4H3,(H2,16,19). The van der Waals surface area contributed by atoms with Crippen LogP contribution in [-0.4, -0.2) is 21.0 Å². The zero-order valence-electron chi connectivity index (χ0n) is 12.5. The van der Waals surface area contributed by atoms with Crippen molar-refractivity contribution in [2.75, 3.05) is 0 Å². The maximum absolute atomic E-state index is 8.97. The number of pyridine rings is 2. The number of hydrogen-bond donors (Lipinski definition) is 2. The third-order valence-electron chi connectivity index (χ3n) is 2.95. The average Bonchev–Trinajstić information content (AvgIpc) is 2.36. The number of nitrogens with zero attached hydrogens (tertiary/aromatic N) is 3. The molecule has 0 unspecified atom stereocenters. The van der Waals surface area contributed by atoms with E-state index in [1.807, 2.05) is 45.9 Å². The van der Waals surface area contributed by atoms with Gasteiger partial charge in [0.15, 0.2) is 5.84 Å². The van der Waals surface area contributed by atoms with Crippen molar-refractivity contribution in [3.05, 3.63) is 46.3 Å². The number of aromatic nitrogens is 2. The van der Waals surface area contributed by atoms with Crippen molar-refractivity contribution in [2.45, 2.75) is 37.7 Å². The first-order valence-electron chi connectivity index (χ1n) is 6.50. The molecule has 0 amide bonds. The van der Waals surface area contributed by atoms with Gasteiger partial charge in [-0.05, 0) is 68.8 Å². The van der Waals surface area contributed by atoms with Crippen molar-refractivity contribution in [2.24, 2.45) is 10.9 Å². The Bertz CT molecular complexity index is 693. The SMILES string of the molecule is Cc1cc(C)nc(Sc2nc(C)cc(C)c2/C(N)=N/O)c1. The van der Waals surface area contributed by atoms with Gasteiger partial charge in [-0.15, -0.1) is 0 Å². The van der Waals surface area contributed by atoms with Crippen LogP contribution in [0.1, 0.15) is 28.1 Å². The summed E-state index contributed by atoms with van der Waals surface area (Å²) in [5.74, 6) is 0.0619. The number of oxime groups is 1. The van der Waals surface area contributed by atoms with E-state index in [2.05, 4.69) is 15.1 Å². The fourth-order valence-corrected chi connectivity index (χ4v) is 3.38. The molecule has 0 aliphatic carbocycles. The van der Waals surface area contributed by atoms with Gasteiger partial charge in [-0.2, -0.15) is 0 Å². The third kappa shape index (κ3) is 3.52. The van der Waals surface area contributed by atoms with Gasteiger partial charge in [0.25, 0.3) is 0 Å². The van der Waals surface area contributed by atoms with Crippen molar-refractivity contribution in [3.63, 3.8) is 0 Å². The van der Waals surface area contributed by atoms with Gasteiger partial charge in [-0.3, -0.25) is 0 Å². The maximum Gasteiger partial charge on any atom is 0.173 e. The Morgan fingerprint density at radius 2 is 1.76 bits per heavy atom. The van der Waals surface area contributed by atoms with Crippen molar-refractivity contribution < 1.29 is 5.21 Å². The predicted molar refractivity (Wildman–Crippen MR) is 84.1 cm³/mol. The monoisotopic (exact) mass is 302 g/mol. The molecule has 0 aliphatic rings. The van der Waals surface area contributed by atoms with Crippen molar-refractivity contribution in [1.29, 1.82) is 0 Å². The van der Waals surface area contributed by atoms with Crippen LogP contribution in [0.4, 0.5) is 0 Å². The molecule has 2 rings (SSSR count). The molecule has 2 aromatic rings. The summed E-state index contributed by atoms with van der Waals surface area (Å²) in [5.41, 5.74) is 10.3. The smallest absolute Gasteiger partial charge is 0.173 e. The molecule has 0 spiro atoms. The largest absolute Gasteiger partial charge is 0.409 e. The molecule has 0 aromatic carbocycles. The molecule has 0 bridgehead atoms. The highest BCUT2D eigenvalue weighted by Crippen LogP contribution is 2.30. The number of aryl methyl sites for hydroxylation is 4. The van der Waals surface area contributed by atoms with Crippen LogP contribution in [0.3, 0.4) is 0 Å². The minimum Gasteiger partial charge on any atom is -0.409 e. The second kappa shape index (κ2) is 6.13. The lowest BCUT2D eigenvalue weighted by Gasteiger charge is -2.11. The van der Waals surface area contributed by atoms with Gasteiger partial charge >= 0.3 is 0 Å². The molecular weight excluding hydrogens is 284 g/mol. The molecule has 6 heteroatoms. The zero-order chi connectivity index (χ0) is 15.6. The summed E-state index contributed by atoms with van der Waals surface area (Å²) in [4.78, 5) is 9.00. The molecule has 5 nitrogen and oxygen atoms in total. The molecule has 2 heterocycles. The molecule has 0 saturated carbocycles. The van der Waals surface area contributed by atoms with E-state index in [0.29, 0.717) is 10.6 Å². The van der Waals surface area contributed by atoms with Gasteiger partial charge in [0.2, 0.25) is 0 Å². The van der Waals surface area contributed by atoms with E-state index in [0.717, 1.165) is 27.5 Å². The fraction of sp³-hybridized carbons (Fsp3) is 0.267. The van der Waals surface area contributed by atoms with Gasteiger partial charge in [0.05, 0.1) is 5.56 Å². The molecule has 0 atom stereocenters. The van der Waals surface area contributed by atoms with Crippen LogP contribution in [0.15, 0.2) is 33.4 Å². The number of amidine groups is 1. The highest BCUT2D eigenvalue weighted by Gasteiger charge is 2.15. The molecule has 3 N–H and O–H groups in total. The molecule has 2 aromatic heterocycles. The molecule has 0 saturated heterocycles. The fourth-order valence-electron chi connectivity index (χ4n) is 2.19. The molecule has 110 valence electrons. The van der Waals surface area contributed by atoms with Crippen molar-refractivity contribution >= 4 is 17.6 Å². The second-order valence-electron chi connectivity index (χ2n) is 4.97. The predicted octanol–water partition coefficient (Wildman–Crippen LogP) is 2.96. The van der Waals surface area contributed by atoms with Crippen LogP contribution >= 0.6 is 11.8 Å². The van der Waals surface area contributed by atoms with Gasteiger partial charge < -0.3 is 10.9 Å². The van der Waals surface area contributed by atoms with E-state index < -0.39 is 0 Å². The molecular formula is C15H18N4OS. The van der Waals surface area contributed by atoms with Crippen LogP contribution < -0.4 is 5.73 Å². The first-order valence-corrected chi connectivity index (χ1v) is 7.31. The van der Waals surface area contributed by atoms with Crippen molar-refractivity contribution in [1.82, 2.24) is 9.97 Å². The van der Waals surface area contributed by atoms with Crippen LogP contribution in [0.2, 0.25) is 0 Å². The zero-order valence-corrected chi connectivity index (χ0v) is 13.3. The average molecular weight is 302 g/mol. The summed E-state index contributed by atoms with van der Waals surface area (Å²) in [5, 5.41) is 13.6. The van der Waals surface area contributed by atoms with Crippen LogP contribution in [0.25, 0.3) is 0 Å².